The van der Waals surface area contributed by atoms with Gasteiger partial charge in [0, 0.05) is 33.4 Å². The third-order valence-electron chi connectivity index (χ3n) is 4.00. The van der Waals surface area contributed by atoms with Gasteiger partial charge in [-0.1, -0.05) is 29.8 Å². The average molecular weight is 393 g/mol. The van der Waals surface area contributed by atoms with Gasteiger partial charge in [-0.05, 0) is 44.2 Å². The zero-order valence-corrected chi connectivity index (χ0v) is 16.4. The number of H-pyrrole nitrogens is 1. The predicted molar refractivity (Wildman–Crippen MR) is 107 cm³/mol. The van der Waals surface area contributed by atoms with Gasteiger partial charge in [-0.3, -0.25) is 4.57 Å². The van der Waals surface area contributed by atoms with Gasteiger partial charge in [-0.25, -0.2) is 0 Å². The molecule has 0 unspecified atom stereocenters. The van der Waals surface area contributed by atoms with E-state index >= 15 is 0 Å². The fourth-order valence-electron chi connectivity index (χ4n) is 2.90. The smallest absolute Gasteiger partial charge is 0.357 e. The molecule has 0 bridgehead atoms. The van der Waals surface area contributed by atoms with Crippen molar-refractivity contribution in [1.29, 1.82) is 0 Å². The molecular weight excluding hydrogens is 371 g/mol. The first kappa shape index (κ1) is 19.0. The number of nitrogens with one attached hydrogen (secondary N) is 2. The summed E-state index contributed by atoms with van der Waals surface area (Å²) in [5, 5.41) is 4.93. The minimum atomic E-state index is -3.46. The minimum Gasteiger partial charge on any atom is -0.368 e. The van der Waals surface area contributed by atoms with Crippen LogP contribution in [0.1, 0.15) is 25.2 Å². The van der Waals surface area contributed by atoms with E-state index in [1.54, 1.807) is 26.0 Å². The molecule has 26 heavy (non-hydrogen) atoms. The molecule has 0 saturated carbocycles. The average Bonchev–Trinajstić information content (AvgIpc) is 3.05. The Hall–Kier alpha value is -1.78. The number of fused-ring (bicyclic) bond motifs is 1. The second kappa shape index (κ2) is 8.28. The lowest BCUT2D eigenvalue weighted by atomic mass is 10.1. The van der Waals surface area contributed by atoms with Crippen molar-refractivity contribution >= 4 is 35.8 Å². The van der Waals surface area contributed by atoms with Crippen LogP contribution in [-0.2, 0) is 13.6 Å². The van der Waals surface area contributed by atoms with Crippen molar-refractivity contribution < 1.29 is 13.6 Å². The molecule has 138 valence electrons. The van der Waals surface area contributed by atoms with Crippen LogP contribution >= 0.6 is 19.2 Å². The van der Waals surface area contributed by atoms with Crippen LogP contribution in [0, 0.1) is 0 Å². The second-order valence-corrected chi connectivity index (χ2v) is 8.27. The topological polar surface area (TPSA) is 63.4 Å². The van der Waals surface area contributed by atoms with Gasteiger partial charge < -0.3 is 19.3 Å². The number of aromatic amines is 1. The van der Waals surface area contributed by atoms with Gasteiger partial charge in [0.2, 0.25) is 0 Å². The van der Waals surface area contributed by atoms with Crippen molar-refractivity contribution in [3.8, 4) is 0 Å². The van der Waals surface area contributed by atoms with E-state index in [2.05, 4.69) is 10.3 Å². The molecule has 0 aliphatic carbocycles. The molecule has 0 aliphatic rings. The zero-order chi connectivity index (χ0) is 18.6. The summed E-state index contributed by atoms with van der Waals surface area (Å²) in [6.45, 7) is 4.19. The summed E-state index contributed by atoms with van der Waals surface area (Å²) >= 11 is 5.98. The van der Waals surface area contributed by atoms with Crippen LogP contribution in [-0.4, -0.2) is 18.2 Å². The maximum atomic E-state index is 13.6. The summed E-state index contributed by atoms with van der Waals surface area (Å²) in [4.78, 5) is 3.23. The molecule has 5 nitrogen and oxygen atoms in total. The Morgan fingerprint density at radius 3 is 2.38 bits per heavy atom. The molecule has 0 saturated heterocycles. The molecule has 7 heteroatoms. The molecule has 0 spiro atoms. The Labute approximate surface area is 158 Å². The summed E-state index contributed by atoms with van der Waals surface area (Å²) < 4.78 is 24.8. The molecule has 3 aromatic rings. The highest BCUT2D eigenvalue weighted by atomic mass is 35.5. The lowest BCUT2D eigenvalue weighted by Gasteiger charge is -2.27. The molecule has 3 rings (SSSR count). The van der Waals surface area contributed by atoms with Crippen LogP contribution < -0.4 is 5.32 Å². The van der Waals surface area contributed by atoms with E-state index in [1.807, 2.05) is 42.6 Å². The molecule has 2 aromatic carbocycles. The van der Waals surface area contributed by atoms with Gasteiger partial charge in [0.15, 0.2) is 5.78 Å². The van der Waals surface area contributed by atoms with Gasteiger partial charge in [0.05, 0.1) is 13.2 Å². The second-order valence-electron chi connectivity index (χ2n) is 5.72. The molecule has 1 heterocycles. The number of hydrogen-bond donors (Lipinski definition) is 2. The van der Waals surface area contributed by atoms with Crippen molar-refractivity contribution in [2.45, 2.75) is 19.6 Å². The van der Waals surface area contributed by atoms with E-state index in [0.717, 1.165) is 22.2 Å². The van der Waals surface area contributed by atoms with Crippen LogP contribution in [0.3, 0.4) is 0 Å². The lowest BCUT2D eigenvalue weighted by Crippen LogP contribution is -2.15. The van der Waals surface area contributed by atoms with E-state index in [9.17, 15) is 4.57 Å². The van der Waals surface area contributed by atoms with Gasteiger partial charge >= 0.3 is 7.60 Å². The van der Waals surface area contributed by atoms with E-state index in [4.69, 9.17) is 20.6 Å². The quantitative estimate of drug-likeness (QED) is 0.448. The van der Waals surface area contributed by atoms with Crippen molar-refractivity contribution in [3.05, 3.63) is 65.3 Å². The van der Waals surface area contributed by atoms with E-state index < -0.39 is 13.4 Å². The Bertz CT molecular complexity index is 901. The van der Waals surface area contributed by atoms with Gasteiger partial charge in [-0.2, -0.15) is 0 Å². The molecule has 1 atom stereocenters. The highest BCUT2D eigenvalue weighted by Gasteiger charge is 2.38. The van der Waals surface area contributed by atoms with Crippen molar-refractivity contribution in [2.75, 3.05) is 18.5 Å². The fraction of sp³-hybridized carbons (Fsp3) is 0.263. The number of benzene rings is 2. The standard InChI is InChI=1S/C19H22ClN2O3P/c1-3-24-26(23,25-4-2)19(22-15-11-9-14(20)10-12-15)17-13-21-18-8-6-5-7-16(17)18/h5-13,19,21-22H,3-4H2,1-2H3/t19-/m1/s1. The number of rotatable bonds is 8. The Morgan fingerprint density at radius 1 is 1.08 bits per heavy atom. The third kappa shape index (κ3) is 3.97. The van der Waals surface area contributed by atoms with Crippen molar-refractivity contribution in [2.24, 2.45) is 0 Å². The van der Waals surface area contributed by atoms with E-state index in [0.29, 0.717) is 18.2 Å². The Balaban J connectivity index is 2.08. The predicted octanol–water partition coefficient (Wildman–Crippen LogP) is 6.20. The first-order valence-electron chi connectivity index (χ1n) is 8.54. The van der Waals surface area contributed by atoms with E-state index in [1.165, 1.54) is 0 Å². The van der Waals surface area contributed by atoms with Crippen molar-refractivity contribution in [1.82, 2.24) is 4.98 Å². The highest BCUT2D eigenvalue weighted by molar-refractivity contribution is 7.54. The summed E-state index contributed by atoms with van der Waals surface area (Å²) in [6, 6.07) is 15.1. The largest absolute Gasteiger partial charge is 0.368 e. The van der Waals surface area contributed by atoms with Crippen LogP contribution in [0.2, 0.25) is 5.02 Å². The molecule has 0 aliphatic heterocycles. The van der Waals surface area contributed by atoms with Gasteiger partial charge in [-0.15, -0.1) is 0 Å². The summed E-state index contributed by atoms with van der Waals surface area (Å²) in [5.41, 5.74) is 2.58. The minimum absolute atomic E-state index is 0.290. The van der Waals surface area contributed by atoms with Crippen LogP contribution in [0.25, 0.3) is 10.9 Å². The number of hydrogen-bond acceptors (Lipinski definition) is 4. The molecular formula is C19H22ClN2O3P. The van der Waals surface area contributed by atoms with Gasteiger partial charge in [0.1, 0.15) is 0 Å². The fourth-order valence-corrected chi connectivity index (χ4v) is 4.98. The summed E-state index contributed by atoms with van der Waals surface area (Å²) in [7, 11) is -3.46. The van der Waals surface area contributed by atoms with Crippen LogP contribution in [0.15, 0.2) is 54.7 Å². The third-order valence-corrected chi connectivity index (χ3v) is 6.53. The Kier molecular flexibility index (Phi) is 6.05. The van der Waals surface area contributed by atoms with Gasteiger partial charge in [0.25, 0.3) is 0 Å². The maximum absolute atomic E-state index is 13.6. The lowest BCUT2D eigenvalue weighted by molar-refractivity contribution is 0.214. The summed E-state index contributed by atoms with van der Waals surface area (Å²) in [6.07, 6.45) is 1.85. The first-order valence-corrected chi connectivity index (χ1v) is 10.5. The SMILES string of the molecule is CCOP(=O)(OCC)[C@@H](Nc1ccc(Cl)cc1)c1c[nH]c2ccccc12. The number of para-hydroxylation sites is 1. The van der Waals surface area contributed by atoms with E-state index in [-0.39, 0.29) is 0 Å². The number of halogens is 1. The summed E-state index contributed by atoms with van der Waals surface area (Å²) in [5.74, 6) is -0.653. The normalized spacial score (nSPS) is 13.0. The van der Waals surface area contributed by atoms with Crippen LogP contribution in [0.5, 0.6) is 0 Å². The maximum Gasteiger partial charge on any atom is 0.357 e. The monoisotopic (exact) mass is 392 g/mol. The Morgan fingerprint density at radius 2 is 1.73 bits per heavy atom. The van der Waals surface area contributed by atoms with Crippen LogP contribution in [0.4, 0.5) is 5.69 Å². The number of anilines is 1. The number of aromatic nitrogens is 1. The molecule has 1 aromatic heterocycles. The molecule has 0 radical (unpaired) electrons. The highest BCUT2D eigenvalue weighted by Crippen LogP contribution is 2.61. The zero-order valence-electron chi connectivity index (χ0n) is 14.7. The van der Waals surface area contributed by atoms with Crippen molar-refractivity contribution in [3.63, 3.8) is 0 Å². The molecule has 2 N–H and O–H groups in total. The molecule has 0 amide bonds. The first-order chi connectivity index (χ1) is 12.6. The molecule has 0 fully saturated rings.